The molecule has 0 aliphatic carbocycles. The van der Waals surface area contributed by atoms with Crippen LogP contribution < -0.4 is 0 Å². The number of phosphoric ester groups is 1. The van der Waals surface area contributed by atoms with E-state index in [9.17, 15) is 28.9 Å². The number of unbranched alkanes of at least 4 members (excludes halogenated alkanes) is 9. The number of phosphoric acid groups is 1. The lowest BCUT2D eigenvalue weighted by molar-refractivity contribution is -0.161. The van der Waals surface area contributed by atoms with Gasteiger partial charge in [-0.3, -0.25) is 23.4 Å². The van der Waals surface area contributed by atoms with Crippen molar-refractivity contribution in [2.24, 2.45) is 0 Å². The summed E-state index contributed by atoms with van der Waals surface area (Å²) < 4.78 is 39.1. The number of aliphatic hydroxyl groups excluding tert-OH is 1. The van der Waals surface area contributed by atoms with Crippen LogP contribution in [0, 0.1) is 0 Å². The summed E-state index contributed by atoms with van der Waals surface area (Å²) in [5, 5.41) is 9.73. The Balaban J connectivity index is 4.96. The van der Waals surface area contributed by atoms with Crippen LogP contribution in [0.2, 0.25) is 0 Å². The van der Waals surface area contributed by atoms with Crippen molar-refractivity contribution in [3.05, 3.63) is 109 Å². The van der Waals surface area contributed by atoms with Gasteiger partial charge in [0.1, 0.15) is 12.7 Å². The molecule has 3 atom stereocenters. The average molecular weight is 943 g/mol. The highest BCUT2D eigenvalue weighted by Crippen LogP contribution is 2.43. The fourth-order valence-corrected chi connectivity index (χ4v) is 6.78. The Hall–Kier alpha value is -3.86. The Morgan fingerprint density at radius 1 is 0.439 bits per heavy atom. The van der Waals surface area contributed by atoms with E-state index in [2.05, 4.69) is 106 Å². The van der Waals surface area contributed by atoms with Crippen LogP contribution in [0.4, 0.5) is 0 Å². The predicted molar refractivity (Wildman–Crippen MR) is 270 cm³/mol. The second kappa shape index (κ2) is 47.6. The van der Waals surface area contributed by atoms with Crippen molar-refractivity contribution in [3.63, 3.8) is 0 Å². The molecule has 0 amide bonds. The van der Waals surface area contributed by atoms with Gasteiger partial charge in [-0.05, 0) is 83.5 Å². The van der Waals surface area contributed by atoms with E-state index in [4.69, 9.17) is 23.3 Å². The average Bonchev–Trinajstić information content (AvgIpc) is 3.30. The van der Waals surface area contributed by atoms with Crippen LogP contribution in [-0.4, -0.2) is 66.5 Å². The first-order chi connectivity index (χ1) is 32.2. The van der Waals surface area contributed by atoms with Gasteiger partial charge in [0.05, 0.1) is 19.8 Å². The van der Waals surface area contributed by atoms with Gasteiger partial charge < -0.3 is 24.2 Å². The number of hydrogen-bond donors (Lipinski definition) is 2. The smallest absolute Gasteiger partial charge is 0.462 e. The summed E-state index contributed by atoms with van der Waals surface area (Å²) in [5.74, 6) is -1.65. The zero-order valence-electron chi connectivity index (χ0n) is 40.9. The molecule has 0 rings (SSSR count). The number of hydrogen-bond acceptors (Lipinski definition) is 10. The number of rotatable bonds is 44. The molecule has 0 saturated carbocycles. The third-order valence-electron chi connectivity index (χ3n) is 9.71. The van der Waals surface area contributed by atoms with E-state index < -0.39 is 64.4 Å². The molecule has 0 aromatic carbocycles. The van der Waals surface area contributed by atoms with Gasteiger partial charge in [0.25, 0.3) is 0 Å². The monoisotopic (exact) mass is 943 g/mol. The molecule has 2 N–H and O–H groups in total. The molecule has 0 bridgehead atoms. The van der Waals surface area contributed by atoms with Gasteiger partial charge in [-0.2, -0.15) is 0 Å². The van der Waals surface area contributed by atoms with Crippen LogP contribution in [0.3, 0.4) is 0 Å². The van der Waals surface area contributed by atoms with Crippen molar-refractivity contribution in [1.82, 2.24) is 0 Å². The SMILES string of the molecule is CC/C=C\C/C=C\C/C=C\C/C=C\C/C=C\CCCC(=O)OC(COC(=O)CC/C=C\C/C=C\C/C=C\C/C=C\CC)COP(=O)(O)OCC(CO)OC(=O)CCCCCCCCCCC. The molecule has 0 heterocycles. The van der Waals surface area contributed by atoms with Gasteiger partial charge in [-0.25, -0.2) is 4.57 Å². The van der Waals surface area contributed by atoms with Crippen molar-refractivity contribution in [2.45, 2.75) is 187 Å². The van der Waals surface area contributed by atoms with E-state index in [0.29, 0.717) is 25.7 Å². The maximum absolute atomic E-state index is 12.8. The second-order valence-electron chi connectivity index (χ2n) is 15.9. The van der Waals surface area contributed by atoms with E-state index in [1.165, 1.54) is 32.1 Å². The van der Waals surface area contributed by atoms with E-state index >= 15 is 0 Å². The van der Waals surface area contributed by atoms with E-state index in [1.54, 1.807) is 0 Å². The van der Waals surface area contributed by atoms with Crippen LogP contribution in [-0.2, 0) is 42.2 Å². The Labute approximate surface area is 399 Å². The highest BCUT2D eigenvalue weighted by Gasteiger charge is 2.28. The van der Waals surface area contributed by atoms with Crippen LogP contribution in [0.5, 0.6) is 0 Å². The predicted octanol–water partition coefficient (Wildman–Crippen LogP) is 13.9. The van der Waals surface area contributed by atoms with Crippen molar-refractivity contribution in [3.8, 4) is 0 Å². The minimum Gasteiger partial charge on any atom is -0.462 e. The molecule has 11 nitrogen and oxygen atoms in total. The van der Waals surface area contributed by atoms with Gasteiger partial charge in [0, 0.05) is 19.3 Å². The van der Waals surface area contributed by atoms with Gasteiger partial charge in [-0.15, -0.1) is 0 Å². The number of carbonyl (C=O) groups is 3. The normalized spacial score (nSPS) is 14.4. The molecule has 12 heteroatoms. The lowest BCUT2D eigenvalue weighted by Crippen LogP contribution is -2.30. The zero-order chi connectivity index (χ0) is 48.4. The summed E-state index contributed by atoms with van der Waals surface area (Å²) >= 11 is 0. The standard InChI is InChI=1S/C54H87O11P/c1-4-7-10-13-16-19-21-23-24-25-26-28-30-33-36-39-42-45-54(58)65-51(47-61-52(56)43-40-37-34-32-29-27-22-20-17-14-11-8-5-2)49-63-66(59,60)62-48-50(46-55)64-53(57)44-41-38-35-31-18-15-12-9-6-3/h7-8,10-11,16-17,19-20,23-24,26-29,33-34,36-37,50-51,55H,4-6,9,12-15,18,21-22,25,30-32,35,38-49H2,1-3H3,(H,59,60)/b10-7-,11-8-,19-16-,20-17-,24-23-,28-26-,29-27-,36-33-,37-34-. The Kier molecular flexibility index (Phi) is 44.8. The molecule has 0 aliphatic rings. The first-order valence-electron chi connectivity index (χ1n) is 24.8. The van der Waals surface area contributed by atoms with E-state index in [0.717, 1.165) is 77.0 Å². The first kappa shape index (κ1) is 62.1. The lowest BCUT2D eigenvalue weighted by atomic mass is 10.1. The molecular weight excluding hydrogens is 856 g/mol. The molecule has 0 aromatic heterocycles. The van der Waals surface area contributed by atoms with Crippen molar-refractivity contribution in [1.29, 1.82) is 0 Å². The number of allylic oxidation sites excluding steroid dienone is 18. The second-order valence-corrected chi connectivity index (χ2v) is 17.3. The van der Waals surface area contributed by atoms with Crippen LogP contribution >= 0.6 is 7.82 Å². The molecular formula is C54H87O11P. The summed E-state index contributed by atoms with van der Waals surface area (Å²) in [4.78, 5) is 48.1. The highest BCUT2D eigenvalue weighted by atomic mass is 31.2. The first-order valence-corrected chi connectivity index (χ1v) is 26.3. The van der Waals surface area contributed by atoms with Crippen LogP contribution in [0.1, 0.15) is 175 Å². The zero-order valence-corrected chi connectivity index (χ0v) is 41.8. The Morgan fingerprint density at radius 2 is 0.818 bits per heavy atom. The Morgan fingerprint density at radius 3 is 1.27 bits per heavy atom. The van der Waals surface area contributed by atoms with Gasteiger partial charge in [-0.1, -0.05) is 182 Å². The number of esters is 3. The van der Waals surface area contributed by atoms with Crippen LogP contribution in [0.15, 0.2) is 109 Å². The maximum atomic E-state index is 12.8. The lowest BCUT2D eigenvalue weighted by Gasteiger charge is -2.21. The minimum atomic E-state index is -4.77. The summed E-state index contributed by atoms with van der Waals surface area (Å²) in [5.41, 5.74) is 0. The largest absolute Gasteiger partial charge is 0.472 e. The van der Waals surface area contributed by atoms with Gasteiger partial charge >= 0.3 is 25.7 Å². The molecule has 0 spiro atoms. The maximum Gasteiger partial charge on any atom is 0.472 e. The number of aliphatic hydroxyl groups is 1. The molecule has 0 fully saturated rings. The highest BCUT2D eigenvalue weighted by molar-refractivity contribution is 7.47. The molecule has 0 saturated heterocycles. The molecule has 0 aromatic rings. The fraction of sp³-hybridized carbons (Fsp3) is 0.611. The number of ether oxygens (including phenoxy) is 3. The van der Waals surface area contributed by atoms with Gasteiger partial charge in [0.2, 0.25) is 0 Å². The molecule has 66 heavy (non-hydrogen) atoms. The summed E-state index contributed by atoms with van der Waals surface area (Å²) in [6.45, 7) is 4.19. The van der Waals surface area contributed by atoms with E-state index in [-0.39, 0.29) is 19.3 Å². The summed E-state index contributed by atoms with van der Waals surface area (Å²) in [6.07, 6.45) is 55.3. The molecule has 374 valence electrons. The Bertz CT molecular complexity index is 1520. The van der Waals surface area contributed by atoms with Crippen LogP contribution in [0.25, 0.3) is 0 Å². The van der Waals surface area contributed by atoms with Gasteiger partial charge in [0.15, 0.2) is 6.10 Å². The fourth-order valence-electron chi connectivity index (χ4n) is 5.99. The summed E-state index contributed by atoms with van der Waals surface area (Å²) in [6, 6.07) is 0. The third kappa shape index (κ3) is 45.3. The number of carbonyl (C=O) groups excluding carboxylic acids is 3. The summed E-state index contributed by atoms with van der Waals surface area (Å²) in [7, 11) is -4.77. The molecule has 0 aliphatic heterocycles. The van der Waals surface area contributed by atoms with Crippen molar-refractivity contribution >= 4 is 25.7 Å². The molecule has 3 unspecified atom stereocenters. The van der Waals surface area contributed by atoms with Crippen molar-refractivity contribution < 1.29 is 52.2 Å². The molecule has 0 radical (unpaired) electrons. The quantitative estimate of drug-likeness (QED) is 0.0197. The van der Waals surface area contributed by atoms with Crippen molar-refractivity contribution in [2.75, 3.05) is 26.4 Å². The van der Waals surface area contributed by atoms with E-state index in [1.807, 2.05) is 24.3 Å². The third-order valence-corrected chi connectivity index (χ3v) is 10.7. The topological polar surface area (TPSA) is 155 Å². The minimum absolute atomic E-state index is 0.0699.